The van der Waals surface area contributed by atoms with Gasteiger partial charge in [0.1, 0.15) is 0 Å². The number of carboxylic acid groups (broad SMARTS) is 1. The number of nitrogens with one attached hydrogen (secondary N) is 2. The molecule has 160 valence electrons. The molecule has 2 aromatic rings. The van der Waals surface area contributed by atoms with Crippen LogP contribution in [0.5, 0.6) is 0 Å². The lowest BCUT2D eigenvalue weighted by molar-refractivity contribution is -0.0418. The number of rotatable bonds is 8. The average molecular weight is 430 g/mol. The second-order valence-corrected chi connectivity index (χ2v) is 7.66. The van der Waals surface area contributed by atoms with Crippen molar-refractivity contribution in [1.82, 2.24) is 5.32 Å². The number of hydrogen-bond donors (Lipinski definition) is 4. The molecule has 0 aliphatic carbocycles. The summed E-state index contributed by atoms with van der Waals surface area (Å²) in [7, 11) is 0. The molecule has 2 aromatic carbocycles. The van der Waals surface area contributed by atoms with Gasteiger partial charge in [0, 0.05) is 18.2 Å². The van der Waals surface area contributed by atoms with E-state index >= 15 is 0 Å². The van der Waals surface area contributed by atoms with E-state index in [0.717, 1.165) is 37.2 Å². The number of benzene rings is 2. The third kappa shape index (κ3) is 6.20. The highest BCUT2D eigenvalue weighted by molar-refractivity contribution is 5.88. The number of anilines is 1. The van der Waals surface area contributed by atoms with Crippen molar-refractivity contribution in [1.29, 1.82) is 5.26 Å². The zero-order chi connectivity index (χ0) is 20.7. The van der Waals surface area contributed by atoms with Gasteiger partial charge in [0.2, 0.25) is 0 Å². The summed E-state index contributed by atoms with van der Waals surface area (Å²) in [4.78, 5) is 11.2. The highest BCUT2D eigenvalue weighted by Gasteiger charge is 2.37. The molecule has 1 atom stereocenters. The Hall–Kier alpha value is -2.59. The molecule has 0 aromatic heterocycles. The lowest BCUT2D eigenvalue weighted by atomic mass is 9.77. The van der Waals surface area contributed by atoms with Crippen molar-refractivity contribution in [2.75, 3.05) is 25.0 Å². The topological polar surface area (TPSA) is 105 Å². The molecule has 0 saturated carbocycles. The number of aliphatic hydroxyl groups is 1. The Balaban J connectivity index is 0.00000320. The quantitative estimate of drug-likeness (QED) is 0.512. The molecule has 0 bridgehead atoms. The summed E-state index contributed by atoms with van der Waals surface area (Å²) < 4.78 is 0. The Labute approximate surface area is 183 Å². The number of carbonyl (C=O) groups is 1. The molecule has 1 aliphatic rings. The molecule has 1 aliphatic heterocycles. The lowest BCUT2D eigenvalue weighted by Gasteiger charge is -2.40. The van der Waals surface area contributed by atoms with E-state index in [4.69, 9.17) is 5.26 Å². The van der Waals surface area contributed by atoms with Gasteiger partial charge in [0.05, 0.1) is 22.8 Å². The van der Waals surface area contributed by atoms with E-state index in [0.29, 0.717) is 24.9 Å². The summed E-state index contributed by atoms with van der Waals surface area (Å²) in [5.41, 5.74) is 2.01. The first-order chi connectivity index (χ1) is 14.0. The van der Waals surface area contributed by atoms with E-state index < -0.39 is 11.6 Å². The fraction of sp³-hybridized carbons (Fsp3) is 0.391. The Morgan fingerprint density at radius 1 is 1.20 bits per heavy atom. The van der Waals surface area contributed by atoms with Crippen molar-refractivity contribution in [3.05, 3.63) is 65.2 Å². The molecule has 1 unspecified atom stereocenters. The molecule has 3 rings (SSSR count). The number of hydrogen-bond acceptors (Lipinski definition) is 5. The fourth-order valence-corrected chi connectivity index (χ4v) is 3.92. The SMILES string of the molecule is Cl.N#Cc1ccc(CCC(CNc2cccc(C(=O)O)c2)C2(O)CCNCC2)cc1. The number of piperidine rings is 1. The van der Waals surface area contributed by atoms with Gasteiger partial charge in [-0.1, -0.05) is 18.2 Å². The smallest absolute Gasteiger partial charge is 0.335 e. The summed E-state index contributed by atoms with van der Waals surface area (Å²) in [5.74, 6) is -0.934. The summed E-state index contributed by atoms with van der Waals surface area (Å²) in [6.07, 6.45) is 3.00. The maximum absolute atomic E-state index is 11.3. The van der Waals surface area contributed by atoms with E-state index in [1.54, 1.807) is 18.2 Å². The Morgan fingerprint density at radius 3 is 2.53 bits per heavy atom. The second-order valence-electron chi connectivity index (χ2n) is 7.66. The summed E-state index contributed by atoms with van der Waals surface area (Å²) in [6, 6.07) is 16.4. The number of nitriles is 1. The Kier molecular flexibility index (Phi) is 8.67. The van der Waals surface area contributed by atoms with Crippen LogP contribution < -0.4 is 10.6 Å². The first kappa shape index (κ1) is 23.7. The van der Waals surface area contributed by atoms with Crippen LogP contribution in [0.15, 0.2) is 48.5 Å². The molecule has 6 nitrogen and oxygen atoms in total. The molecular weight excluding hydrogens is 402 g/mol. The third-order valence-electron chi connectivity index (χ3n) is 5.76. The summed E-state index contributed by atoms with van der Waals surface area (Å²) in [6.45, 7) is 2.15. The highest BCUT2D eigenvalue weighted by Crippen LogP contribution is 2.31. The van der Waals surface area contributed by atoms with Gasteiger partial charge < -0.3 is 20.8 Å². The molecule has 0 spiro atoms. The van der Waals surface area contributed by atoms with Gasteiger partial charge in [-0.05, 0) is 74.7 Å². The van der Waals surface area contributed by atoms with Crippen molar-refractivity contribution < 1.29 is 15.0 Å². The number of carboxylic acids is 1. The molecule has 1 fully saturated rings. The highest BCUT2D eigenvalue weighted by atomic mass is 35.5. The zero-order valence-corrected chi connectivity index (χ0v) is 17.6. The maximum Gasteiger partial charge on any atom is 0.335 e. The van der Waals surface area contributed by atoms with Crippen molar-refractivity contribution >= 4 is 24.1 Å². The van der Waals surface area contributed by atoms with Gasteiger partial charge in [-0.2, -0.15) is 5.26 Å². The minimum atomic E-state index is -0.956. The Morgan fingerprint density at radius 2 is 1.90 bits per heavy atom. The van der Waals surface area contributed by atoms with Gasteiger partial charge in [0.25, 0.3) is 0 Å². The Bertz CT molecular complexity index is 874. The molecule has 1 saturated heterocycles. The van der Waals surface area contributed by atoms with Crippen LogP contribution >= 0.6 is 12.4 Å². The van der Waals surface area contributed by atoms with Gasteiger partial charge in [0.15, 0.2) is 0 Å². The maximum atomic E-state index is 11.3. The van der Waals surface area contributed by atoms with Gasteiger partial charge in [-0.25, -0.2) is 4.79 Å². The molecule has 30 heavy (non-hydrogen) atoms. The molecule has 4 N–H and O–H groups in total. The van der Waals surface area contributed by atoms with E-state index in [1.807, 2.05) is 30.3 Å². The van der Waals surface area contributed by atoms with Gasteiger partial charge in [-0.3, -0.25) is 0 Å². The summed E-state index contributed by atoms with van der Waals surface area (Å²) in [5, 5.41) is 36.1. The normalized spacial score (nSPS) is 16.0. The van der Waals surface area contributed by atoms with E-state index in [9.17, 15) is 15.0 Å². The van der Waals surface area contributed by atoms with Gasteiger partial charge in [-0.15, -0.1) is 12.4 Å². The molecule has 0 radical (unpaired) electrons. The van der Waals surface area contributed by atoms with Gasteiger partial charge >= 0.3 is 5.97 Å². The zero-order valence-electron chi connectivity index (χ0n) is 16.8. The van der Waals surface area contributed by atoms with Crippen LogP contribution in [0, 0.1) is 17.2 Å². The van der Waals surface area contributed by atoms with Crippen LogP contribution in [0.4, 0.5) is 5.69 Å². The van der Waals surface area contributed by atoms with E-state index in [1.165, 1.54) is 0 Å². The second kappa shape index (κ2) is 11.0. The number of aromatic carboxylic acids is 1. The van der Waals surface area contributed by atoms with Crippen LogP contribution in [0.2, 0.25) is 0 Å². The first-order valence-electron chi connectivity index (χ1n) is 9.99. The lowest BCUT2D eigenvalue weighted by Crippen LogP contribution is -2.49. The number of halogens is 1. The van der Waals surface area contributed by atoms with Crippen LogP contribution in [0.3, 0.4) is 0 Å². The monoisotopic (exact) mass is 429 g/mol. The van der Waals surface area contributed by atoms with Crippen molar-refractivity contribution in [3.8, 4) is 6.07 Å². The average Bonchev–Trinajstić information content (AvgIpc) is 2.74. The molecular formula is C23H28ClN3O3. The third-order valence-corrected chi connectivity index (χ3v) is 5.76. The minimum absolute atomic E-state index is 0. The molecule has 0 amide bonds. The van der Waals surface area contributed by atoms with Crippen LogP contribution in [-0.2, 0) is 6.42 Å². The van der Waals surface area contributed by atoms with E-state index in [-0.39, 0.29) is 23.9 Å². The largest absolute Gasteiger partial charge is 0.478 e. The predicted octanol–water partition coefficient (Wildman–Crippen LogP) is 3.45. The predicted molar refractivity (Wildman–Crippen MR) is 119 cm³/mol. The van der Waals surface area contributed by atoms with Crippen LogP contribution in [0.1, 0.15) is 40.7 Å². The molecule has 1 heterocycles. The minimum Gasteiger partial charge on any atom is -0.478 e. The van der Waals surface area contributed by atoms with Crippen LogP contribution in [-0.4, -0.2) is 41.4 Å². The standard InChI is InChI=1S/C23H27N3O3.ClH/c24-15-18-6-4-17(5-7-18)8-9-20(23(29)10-12-25-13-11-23)16-26-21-3-1-2-19(14-21)22(27)28;/h1-7,14,20,25-26,29H,8-13,16H2,(H,27,28);1H. The number of aryl methyl sites for hydroxylation is 1. The first-order valence-corrected chi connectivity index (χ1v) is 9.99. The number of nitrogens with zero attached hydrogens (tertiary/aromatic N) is 1. The van der Waals surface area contributed by atoms with Crippen molar-refractivity contribution in [2.45, 2.75) is 31.3 Å². The molecule has 7 heteroatoms. The van der Waals surface area contributed by atoms with E-state index in [2.05, 4.69) is 16.7 Å². The summed E-state index contributed by atoms with van der Waals surface area (Å²) >= 11 is 0. The van der Waals surface area contributed by atoms with Crippen molar-refractivity contribution in [3.63, 3.8) is 0 Å². The fourth-order valence-electron chi connectivity index (χ4n) is 3.92. The van der Waals surface area contributed by atoms with Crippen LogP contribution in [0.25, 0.3) is 0 Å². The van der Waals surface area contributed by atoms with Crippen molar-refractivity contribution in [2.24, 2.45) is 5.92 Å².